The summed E-state index contributed by atoms with van der Waals surface area (Å²) in [6, 6.07) is -0.595. The van der Waals surface area contributed by atoms with Crippen molar-refractivity contribution in [2.24, 2.45) is 10.8 Å². The summed E-state index contributed by atoms with van der Waals surface area (Å²) in [5.74, 6) is 0.252. The van der Waals surface area contributed by atoms with Gasteiger partial charge in [-0.1, -0.05) is 41.5 Å². The molecule has 0 aromatic heterocycles. The molecule has 0 aromatic rings. The first-order chi connectivity index (χ1) is 14.1. The topological polar surface area (TPSA) is 87.3 Å². The molecule has 0 aliphatic heterocycles. The zero-order valence-electron chi connectivity index (χ0n) is 22.9. The highest BCUT2D eigenvalue weighted by molar-refractivity contribution is 5.89. The molecule has 0 spiro atoms. The van der Waals surface area contributed by atoms with Gasteiger partial charge < -0.3 is 16.0 Å². The fraction of sp³-hybridized carbons (Fsp3) is 0.885. The van der Waals surface area contributed by atoms with Gasteiger partial charge in [-0.25, -0.2) is 0 Å². The van der Waals surface area contributed by atoms with Crippen molar-refractivity contribution in [3.05, 3.63) is 0 Å². The highest BCUT2D eigenvalue weighted by Gasteiger charge is 2.33. The Morgan fingerprint density at radius 3 is 1.34 bits per heavy atom. The molecule has 6 nitrogen and oxygen atoms in total. The van der Waals surface area contributed by atoms with Crippen molar-refractivity contribution in [1.82, 2.24) is 16.0 Å². The minimum absolute atomic E-state index is 0.0603. The first-order valence-electron chi connectivity index (χ1n) is 12.0. The molecule has 0 fully saturated rings. The predicted octanol–water partition coefficient (Wildman–Crippen LogP) is 4.41. The van der Waals surface area contributed by atoms with Gasteiger partial charge in [0.1, 0.15) is 0 Å². The predicted molar refractivity (Wildman–Crippen MR) is 134 cm³/mol. The van der Waals surface area contributed by atoms with E-state index in [2.05, 4.69) is 36.7 Å². The third-order valence-electron chi connectivity index (χ3n) is 4.98. The molecular weight excluding hydrogens is 402 g/mol. The Bertz CT molecular complexity index is 629. The molecule has 0 saturated carbocycles. The molecule has 0 heterocycles. The first kappa shape index (κ1) is 30.7. The summed E-state index contributed by atoms with van der Waals surface area (Å²) in [5, 5.41) is 9.76. The van der Waals surface area contributed by atoms with Crippen molar-refractivity contribution in [3.8, 4) is 0 Å². The maximum Gasteiger partial charge on any atom is 0.220 e. The van der Waals surface area contributed by atoms with Crippen molar-refractivity contribution in [3.63, 3.8) is 0 Å². The largest absolute Gasteiger partial charge is 0.356 e. The summed E-state index contributed by atoms with van der Waals surface area (Å²) < 4.78 is 0. The maximum atomic E-state index is 12.8. The smallest absolute Gasteiger partial charge is 0.220 e. The Morgan fingerprint density at radius 1 is 0.625 bits per heavy atom. The van der Waals surface area contributed by atoms with Crippen molar-refractivity contribution in [2.45, 2.75) is 132 Å². The SMILES string of the molecule is CC(C)(C)NC(CCCNC(=O)CCC(NC(C)(C)C)C(=O)C(C)(C)C)C(=O)C(C)(C)C. The van der Waals surface area contributed by atoms with Crippen LogP contribution < -0.4 is 16.0 Å². The van der Waals surface area contributed by atoms with Crippen LogP contribution in [0.1, 0.15) is 109 Å². The molecule has 0 saturated heterocycles. The minimum Gasteiger partial charge on any atom is -0.356 e. The van der Waals surface area contributed by atoms with Gasteiger partial charge in [0.05, 0.1) is 12.1 Å². The number of hydrogen-bond acceptors (Lipinski definition) is 5. The number of Topliss-reactive ketones (excluding diaryl/α,β-unsaturated/α-hetero) is 2. The van der Waals surface area contributed by atoms with Crippen LogP contribution in [0, 0.1) is 10.8 Å². The van der Waals surface area contributed by atoms with Gasteiger partial charge in [0, 0.05) is 34.9 Å². The minimum atomic E-state index is -0.464. The molecule has 3 N–H and O–H groups in total. The van der Waals surface area contributed by atoms with Gasteiger partial charge in [0.25, 0.3) is 0 Å². The molecule has 32 heavy (non-hydrogen) atoms. The number of amides is 1. The van der Waals surface area contributed by atoms with Crippen LogP contribution in [0.5, 0.6) is 0 Å². The van der Waals surface area contributed by atoms with Crippen LogP contribution >= 0.6 is 0 Å². The van der Waals surface area contributed by atoms with E-state index in [1.54, 1.807) is 0 Å². The number of carbonyl (C=O) groups is 3. The van der Waals surface area contributed by atoms with Crippen molar-refractivity contribution in [2.75, 3.05) is 6.54 Å². The number of nitrogens with one attached hydrogen (secondary N) is 3. The zero-order chi connectivity index (χ0) is 25.5. The molecule has 0 radical (unpaired) electrons. The summed E-state index contributed by atoms with van der Waals surface area (Å²) in [6.07, 6.45) is 2.15. The van der Waals surface area contributed by atoms with E-state index in [9.17, 15) is 14.4 Å². The molecule has 1 amide bonds. The number of rotatable bonds is 11. The Morgan fingerprint density at radius 2 is 1.00 bits per heavy atom. The number of ketones is 2. The van der Waals surface area contributed by atoms with E-state index in [0.29, 0.717) is 32.2 Å². The molecule has 0 aromatic carbocycles. The van der Waals surface area contributed by atoms with E-state index in [1.165, 1.54) is 0 Å². The molecule has 2 atom stereocenters. The monoisotopic (exact) mass is 453 g/mol. The van der Waals surface area contributed by atoms with Crippen LogP contribution in [-0.2, 0) is 14.4 Å². The summed E-state index contributed by atoms with van der Waals surface area (Å²) in [7, 11) is 0. The van der Waals surface area contributed by atoms with Crippen LogP contribution in [-0.4, -0.2) is 47.2 Å². The third kappa shape index (κ3) is 13.3. The van der Waals surface area contributed by atoms with E-state index in [1.807, 2.05) is 62.3 Å². The lowest BCUT2D eigenvalue weighted by atomic mass is 9.84. The Labute approximate surface area is 197 Å². The number of hydrogen-bond donors (Lipinski definition) is 3. The van der Waals surface area contributed by atoms with E-state index in [0.717, 1.165) is 0 Å². The van der Waals surface area contributed by atoms with Crippen molar-refractivity contribution < 1.29 is 14.4 Å². The quantitative estimate of drug-likeness (QED) is 0.404. The average molecular weight is 454 g/mol. The lowest BCUT2D eigenvalue weighted by Gasteiger charge is -2.32. The highest BCUT2D eigenvalue weighted by Crippen LogP contribution is 2.22. The van der Waals surface area contributed by atoms with Crippen molar-refractivity contribution in [1.29, 1.82) is 0 Å². The Kier molecular flexibility index (Phi) is 11.3. The van der Waals surface area contributed by atoms with E-state index < -0.39 is 10.8 Å². The molecule has 188 valence electrons. The van der Waals surface area contributed by atoms with Gasteiger partial charge in [-0.15, -0.1) is 0 Å². The summed E-state index contributed by atoms with van der Waals surface area (Å²) >= 11 is 0. The van der Waals surface area contributed by atoms with Gasteiger partial charge in [0.2, 0.25) is 5.91 Å². The average Bonchev–Trinajstić information content (AvgIpc) is 2.56. The maximum absolute atomic E-state index is 12.8. The Balaban J connectivity index is 4.76. The summed E-state index contributed by atoms with van der Waals surface area (Å²) in [5.41, 5.74) is -1.25. The van der Waals surface area contributed by atoms with Crippen LogP contribution in [0.15, 0.2) is 0 Å². The van der Waals surface area contributed by atoms with Crippen LogP contribution in [0.25, 0.3) is 0 Å². The summed E-state index contributed by atoms with van der Waals surface area (Å²) in [6.45, 7) is 24.3. The van der Waals surface area contributed by atoms with Crippen LogP contribution in [0.2, 0.25) is 0 Å². The third-order valence-corrected chi connectivity index (χ3v) is 4.98. The van der Waals surface area contributed by atoms with Gasteiger partial charge in [-0.2, -0.15) is 0 Å². The molecule has 0 bridgehead atoms. The molecule has 0 aliphatic carbocycles. The van der Waals surface area contributed by atoms with E-state index in [-0.39, 0.29) is 40.6 Å². The van der Waals surface area contributed by atoms with Crippen molar-refractivity contribution >= 4 is 17.5 Å². The van der Waals surface area contributed by atoms with Gasteiger partial charge in [-0.3, -0.25) is 14.4 Å². The van der Waals surface area contributed by atoms with Gasteiger partial charge in [-0.05, 0) is 60.8 Å². The lowest BCUT2D eigenvalue weighted by Crippen LogP contribution is -2.51. The van der Waals surface area contributed by atoms with Gasteiger partial charge >= 0.3 is 0 Å². The fourth-order valence-electron chi connectivity index (χ4n) is 3.53. The normalized spacial score (nSPS) is 15.2. The van der Waals surface area contributed by atoms with Crippen LogP contribution in [0.4, 0.5) is 0 Å². The molecule has 0 aliphatic rings. The second kappa shape index (κ2) is 11.7. The van der Waals surface area contributed by atoms with Gasteiger partial charge in [0.15, 0.2) is 11.6 Å². The Hall–Kier alpha value is -1.27. The standard InChI is InChI=1S/C26H51N3O3/c1-23(2,3)21(31)18(28-25(7,8)9)14-13-17-27-20(30)16-15-19(29-26(10,11)12)22(32)24(4,5)6/h18-19,28-29H,13-17H2,1-12H3,(H,27,30). The summed E-state index contributed by atoms with van der Waals surface area (Å²) in [4.78, 5) is 38.1. The second-order valence-corrected chi connectivity index (χ2v) is 13.2. The second-order valence-electron chi connectivity index (χ2n) is 13.2. The molecule has 2 unspecified atom stereocenters. The zero-order valence-corrected chi connectivity index (χ0v) is 22.9. The lowest BCUT2D eigenvalue weighted by molar-refractivity contribution is -0.130. The molecular formula is C26H51N3O3. The van der Waals surface area contributed by atoms with E-state index in [4.69, 9.17) is 0 Å². The first-order valence-corrected chi connectivity index (χ1v) is 12.0. The highest BCUT2D eigenvalue weighted by atomic mass is 16.2. The van der Waals surface area contributed by atoms with Crippen LogP contribution in [0.3, 0.4) is 0 Å². The van der Waals surface area contributed by atoms with E-state index >= 15 is 0 Å². The fourth-order valence-corrected chi connectivity index (χ4v) is 3.53. The number of carbonyl (C=O) groups excluding carboxylic acids is 3. The molecule has 0 rings (SSSR count). The molecule has 6 heteroatoms.